The molecule has 25 heavy (non-hydrogen) atoms. The van der Waals surface area contributed by atoms with Gasteiger partial charge in [-0.3, -0.25) is 14.2 Å². The molecule has 0 aliphatic carbocycles. The molecule has 1 saturated heterocycles. The van der Waals surface area contributed by atoms with E-state index in [9.17, 15) is 9.59 Å². The quantitative estimate of drug-likeness (QED) is 0.851. The van der Waals surface area contributed by atoms with Crippen LogP contribution in [-0.2, 0) is 6.54 Å². The normalized spacial score (nSPS) is 15.6. The highest BCUT2D eigenvalue weighted by Gasteiger charge is 2.27. The molecule has 3 heterocycles. The lowest BCUT2D eigenvalue weighted by molar-refractivity contribution is 0.0680. The van der Waals surface area contributed by atoms with Gasteiger partial charge in [0.05, 0.1) is 12.0 Å². The van der Waals surface area contributed by atoms with Gasteiger partial charge in [0.25, 0.3) is 11.5 Å². The molecule has 1 aliphatic rings. The summed E-state index contributed by atoms with van der Waals surface area (Å²) >= 11 is 0. The number of hydrogen-bond donors (Lipinski definition) is 0. The van der Waals surface area contributed by atoms with E-state index >= 15 is 0 Å². The Bertz CT molecular complexity index is 825. The monoisotopic (exact) mass is 344 g/mol. The maximum atomic E-state index is 12.7. The fraction of sp³-hybridized carbons (Fsp3) is 0.556. The number of amides is 1. The molecule has 0 spiro atoms. The molecule has 1 aliphatic heterocycles. The van der Waals surface area contributed by atoms with Crippen LogP contribution >= 0.6 is 0 Å². The Morgan fingerprint density at radius 2 is 1.88 bits per heavy atom. The summed E-state index contributed by atoms with van der Waals surface area (Å²) in [6.07, 6.45) is 3.37. The summed E-state index contributed by atoms with van der Waals surface area (Å²) in [4.78, 5) is 31.1. The minimum absolute atomic E-state index is 0.0142. The SMILES string of the molecule is Cc1noc(C)c1C(=O)N1CCC(Cn2cnc(C)c(C)c2=O)CC1. The Hall–Kier alpha value is -2.44. The number of aryl methyl sites for hydroxylation is 3. The topological polar surface area (TPSA) is 81.2 Å². The Balaban J connectivity index is 1.64. The van der Waals surface area contributed by atoms with E-state index in [1.54, 1.807) is 24.7 Å². The average molecular weight is 344 g/mol. The third-order valence-electron chi connectivity index (χ3n) is 5.12. The van der Waals surface area contributed by atoms with Gasteiger partial charge >= 0.3 is 0 Å². The maximum absolute atomic E-state index is 12.7. The smallest absolute Gasteiger partial charge is 0.259 e. The summed E-state index contributed by atoms with van der Waals surface area (Å²) in [7, 11) is 0. The second-order valence-electron chi connectivity index (χ2n) is 6.85. The van der Waals surface area contributed by atoms with Gasteiger partial charge in [-0.1, -0.05) is 5.16 Å². The van der Waals surface area contributed by atoms with Crippen molar-refractivity contribution in [3.05, 3.63) is 45.0 Å². The van der Waals surface area contributed by atoms with Gasteiger partial charge in [0.1, 0.15) is 11.3 Å². The highest BCUT2D eigenvalue weighted by atomic mass is 16.5. The van der Waals surface area contributed by atoms with Crippen LogP contribution < -0.4 is 5.56 Å². The summed E-state index contributed by atoms with van der Waals surface area (Å²) < 4.78 is 6.79. The molecule has 0 bridgehead atoms. The summed E-state index contributed by atoms with van der Waals surface area (Å²) in [6.45, 7) is 9.22. The van der Waals surface area contributed by atoms with Crippen molar-refractivity contribution in [2.75, 3.05) is 13.1 Å². The molecule has 7 nitrogen and oxygen atoms in total. The number of hydrogen-bond acceptors (Lipinski definition) is 5. The van der Waals surface area contributed by atoms with Crippen molar-refractivity contribution < 1.29 is 9.32 Å². The summed E-state index contributed by atoms with van der Waals surface area (Å²) in [5.41, 5.74) is 2.72. The minimum atomic E-state index is -0.0142. The van der Waals surface area contributed by atoms with Crippen LogP contribution in [0.1, 0.15) is 45.9 Å². The van der Waals surface area contributed by atoms with Crippen LogP contribution in [0.2, 0.25) is 0 Å². The third-order valence-corrected chi connectivity index (χ3v) is 5.12. The molecule has 2 aromatic rings. The van der Waals surface area contributed by atoms with Gasteiger partial charge in [0.15, 0.2) is 0 Å². The van der Waals surface area contributed by atoms with E-state index in [1.807, 2.05) is 18.7 Å². The number of likely N-dealkylation sites (tertiary alicyclic amines) is 1. The van der Waals surface area contributed by atoms with Gasteiger partial charge in [-0.25, -0.2) is 4.98 Å². The van der Waals surface area contributed by atoms with Crippen molar-refractivity contribution >= 4 is 5.91 Å². The van der Waals surface area contributed by atoms with Crippen molar-refractivity contribution in [2.45, 2.75) is 47.1 Å². The van der Waals surface area contributed by atoms with E-state index < -0.39 is 0 Å². The Morgan fingerprint density at radius 1 is 1.20 bits per heavy atom. The lowest BCUT2D eigenvalue weighted by Gasteiger charge is -2.32. The molecule has 0 radical (unpaired) electrons. The number of piperidine rings is 1. The second kappa shape index (κ2) is 6.82. The predicted octanol–water partition coefficient (Wildman–Crippen LogP) is 2.02. The van der Waals surface area contributed by atoms with E-state index in [0.29, 0.717) is 48.1 Å². The first-order valence-corrected chi connectivity index (χ1v) is 8.63. The predicted molar refractivity (Wildman–Crippen MR) is 92.6 cm³/mol. The van der Waals surface area contributed by atoms with Crippen molar-refractivity contribution in [1.82, 2.24) is 19.6 Å². The van der Waals surface area contributed by atoms with Crippen molar-refractivity contribution in [3.63, 3.8) is 0 Å². The molecule has 0 aromatic carbocycles. The van der Waals surface area contributed by atoms with Crippen LogP contribution in [-0.4, -0.2) is 38.6 Å². The van der Waals surface area contributed by atoms with Gasteiger partial charge < -0.3 is 9.42 Å². The molecular weight excluding hydrogens is 320 g/mol. The second-order valence-corrected chi connectivity index (χ2v) is 6.85. The van der Waals surface area contributed by atoms with E-state index in [0.717, 1.165) is 18.5 Å². The number of nitrogens with zero attached hydrogens (tertiary/aromatic N) is 4. The van der Waals surface area contributed by atoms with Gasteiger partial charge in [0.2, 0.25) is 0 Å². The molecule has 1 amide bonds. The van der Waals surface area contributed by atoms with Crippen molar-refractivity contribution in [3.8, 4) is 0 Å². The molecule has 134 valence electrons. The van der Waals surface area contributed by atoms with Gasteiger partial charge in [-0.05, 0) is 46.5 Å². The van der Waals surface area contributed by atoms with Crippen LogP contribution in [0.4, 0.5) is 0 Å². The van der Waals surface area contributed by atoms with Gasteiger partial charge in [-0.15, -0.1) is 0 Å². The van der Waals surface area contributed by atoms with E-state index in [4.69, 9.17) is 4.52 Å². The minimum Gasteiger partial charge on any atom is -0.361 e. The first-order valence-electron chi connectivity index (χ1n) is 8.63. The van der Waals surface area contributed by atoms with E-state index in [-0.39, 0.29) is 11.5 Å². The molecule has 7 heteroatoms. The first kappa shape index (κ1) is 17.4. The van der Waals surface area contributed by atoms with E-state index in [1.165, 1.54) is 0 Å². The van der Waals surface area contributed by atoms with Crippen LogP contribution in [0.5, 0.6) is 0 Å². The lowest BCUT2D eigenvalue weighted by Crippen LogP contribution is -2.40. The van der Waals surface area contributed by atoms with Crippen LogP contribution in [0.25, 0.3) is 0 Å². The Morgan fingerprint density at radius 3 is 2.48 bits per heavy atom. The third kappa shape index (κ3) is 3.36. The lowest BCUT2D eigenvalue weighted by atomic mass is 9.96. The molecule has 0 unspecified atom stereocenters. The maximum Gasteiger partial charge on any atom is 0.259 e. The van der Waals surface area contributed by atoms with E-state index in [2.05, 4.69) is 10.1 Å². The molecule has 0 N–H and O–H groups in total. The summed E-state index contributed by atoms with van der Waals surface area (Å²) in [5, 5.41) is 3.86. The zero-order valence-electron chi connectivity index (χ0n) is 15.2. The highest BCUT2D eigenvalue weighted by Crippen LogP contribution is 2.22. The number of rotatable bonds is 3. The molecular formula is C18H24N4O3. The number of aromatic nitrogens is 3. The van der Waals surface area contributed by atoms with Crippen molar-refractivity contribution in [1.29, 1.82) is 0 Å². The van der Waals surface area contributed by atoms with Crippen molar-refractivity contribution in [2.24, 2.45) is 5.92 Å². The van der Waals surface area contributed by atoms with Crippen LogP contribution in [0.15, 0.2) is 15.6 Å². The molecule has 1 fully saturated rings. The fourth-order valence-electron chi connectivity index (χ4n) is 3.35. The molecule has 0 saturated carbocycles. The largest absolute Gasteiger partial charge is 0.361 e. The number of carbonyl (C=O) groups is 1. The summed E-state index contributed by atoms with van der Waals surface area (Å²) in [6, 6.07) is 0. The molecule has 3 rings (SSSR count). The standard InChI is InChI=1S/C18H24N4O3/c1-11-12(2)19-10-22(17(11)23)9-15-5-7-21(8-6-15)18(24)16-13(3)20-25-14(16)4/h10,15H,5-9H2,1-4H3. The molecule has 0 atom stereocenters. The first-order chi connectivity index (χ1) is 11.9. The number of carbonyl (C=O) groups excluding carboxylic acids is 1. The highest BCUT2D eigenvalue weighted by molar-refractivity contribution is 5.96. The Labute approximate surface area is 146 Å². The zero-order valence-corrected chi connectivity index (χ0v) is 15.2. The van der Waals surface area contributed by atoms with Crippen LogP contribution in [0.3, 0.4) is 0 Å². The summed E-state index contributed by atoms with van der Waals surface area (Å²) in [5.74, 6) is 0.924. The van der Waals surface area contributed by atoms with Gasteiger partial charge in [0, 0.05) is 30.9 Å². The van der Waals surface area contributed by atoms with Crippen LogP contribution in [0, 0.1) is 33.6 Å². The Kier molecular flexibility index (Phi) is 4.74. The zero-order chi connectivity index (χ0) is 18.1. The fourth-order valence-corrected chi connectivity index (χ4v) is 3.35. The molecule has 2 aromatic heterocycles. The average Bonchev–Trinajstić information content (AvgIpc) is 2.94. The van der Waals surface area contributed by atoms with Gasteiger partial charge in [-0.2, -0.15) is 0 Å².